The zero-order chi connectivity index (χ0) is 13.8. The number of rotatable bonds is 5. The highest BCUT2D eigenvalue weighted by Crippen LogP contribution is 2.14. The van der Waals surface area contributed by atoms with Gasteiger partial charge in [0.15, 0.2) is 0 Å². The summed E-state index contributed by atoms with van der Waals surface area (Å²) < 4.78 is 0. The Morgan fingerprint density at radius 3 is 2.11 bits per heavy atom. The molecule has 100 valence electrons. The van der Waals surface area contributed by atoms with Crippen LogP contribution in [0.25, 0.3) is 0 Å². The maximum absolute atomic E-state index is 12.0. The van der Waals surface area contributed by atoms with Gasteiger partial charge in [-0.15, -0.1) is 0 Å². The second kappa shape index (κ2) is 6.01. The summed E-state index contributed by atoms with van der Waals surface area (Å²) in [5.41, 5.74) is 2.00. The van der Waals surface area contributed by atoms with E-state index in [0.29, 0.717) is 24.9 Å². The van der Waals surface area contributed by atoms with Crippen LogP contribution in [0.2, 0.25) is 0 Å². The number of aryl methyl sites for hydroxylation is 2. The lowest BCUT2D eigenvalue weighted by atomic mass is 9.97. The largest absolute Gasteiger partial charge is 0.388 e. The highest BCUT2D eigenvalue weighted by Gasteiger charge is 2.22. The Morgan fingerprint density at radius 2 is 1.67 bits per heavy atom. The molecule has 0 spiro atoms. The highest BCUT2D eigenvalue weighted by molar-refractivity contribution is 5.94. The molecule has 1 rings (SSSR count). The quantitative estimate of drug-likeness (QED) is 0.842. The molecular formula is C15H23NO2. The average Bonchev–Trinajstić information content (AvgIpc) is 2.34. The van der Waals surface area contributed by atoms with Crippen molar-refractivity contribution in [3.05, 3.63) is 34.9 Å². The van der Waals surface area contributed by atoms with Crippen molar-refractivity contribution in [2.45, 2.75) is 46.1 Å². The van der Waals surface area contributed by atoms with Crippen molar-refractivity contribution in [3.63, 3.8) is 0 Å². The molecule has 0 bridgehead atoms. The van der Waals surface area contributed by atoms with Crippen molar-refractivity contribution in [2.75, 3.05) is 6.54 Å². The Bertz CT molecular complexity index is 402. The van der Waals surface area contributed by atoms with E-state index in [4.69, 9.17) is 0 Å². The molecule has 1 aromatic rings. The van der Waals surface area contributed by atoms with Gasteiger partial charge in [0.05, 0.1) is 5.60 Å². The van der Waals surface area contributed by atoms with Crippen LogP contribution in [-0.4, -0.2) is 23.2 Å². The van der Waals surface area contributed by atoms with Crippen molar-refractivity contribution in [2.24, 2.45) is 0 Å². The zero-order valence-electron chi connectivity index (χ0n) is 11.7. The molecule has 2 N–H and O–H groups in total. The van der Waals surface area contributed by atoms with Crippen LogP contribution in [0.4, 0.5) is 0 Å². The molecule has 0 aromatic heterocycles. The average molecular weight is 249 g/mol. The topological polar surface area (TPSA) is 49.3 Å². The van der Waals surface area contributed by atoms with Crippen molar-refractivity contribution < 1.29 is 9.90 Å². The molecule has 0 saturated carbocycles. The number of hydrogen-bond donors (Lipinski definition) is 2. The summed E-state index contributed by atoms with van der Waals surface area (Å²) in [6, 6.07) is 5.75. The van der Waals surface area contributed by atoms with Crippen LogP contribution in [-0.2, 0) is 0 Å². The molecule has 0 radical (unpaired) electrons. The Kier molecular flexibility index (Phi) is 4.91. The van der Waals surface area contributed by atoms with E-state index in [2.05, 4.69) is 5.32 Å². The maximum atomic E-state index is 12.0. The number of carbonyl (C=O) groups excluding carboxylic acids is 1. The molecule has 0 unspecified atom stereocenters. The normalized spacial score (nSPS) is 11.4. The first-order chi connectivity index (χ1) is 8.40. The molecule has 0 fully saturated rings. The predicted molar refractivity (Wildman–Crippen MR) is 73.8 cm³/mol. The Morgan fingerprint density at radius 1 is 1.17 bits per heavy atom. The highest BCUT2D eigenvalue weighted by atomic mass is 16.3. The van der Waals surface area contributed by atoms with E-state index < -0.39 is 5.60 Å². The molecule has 0 aliphatic carbocycles. The minimum atomic E-state index is -0.797. The van der Waals surface area contributed by atoms with Crippen LogP contribution in [0.15, 0.2) is 18.2 Å². The van der Waals surface area contributed by atoms with Gasteiger partial charge in [-0.2, -0.15) is 0 Å². The Hall–Kier alpha value is -1.35. The molecule has 3 nitrogen and oxygen atoms in total. The molecule has 0 saturated heterocycles. The summed E-state index contributed by atoms with van der Waals surface area (Å²) in [6.07, 6.45) is 1.27. The first-order valence-electron chi connectivity index (χ1n) is 6.49. The van der Waals surface area contributed by atoms with Gasteiger partial charge in [-0.05, 0) is 38.8 Å². The van der Waals surface area contributed by atoms with Gasteiger partial charge >= 0.3 is 0 Å². The lowest BCUT2D eigenvalue weighted by Crippen LogP contribution is -2.42. The van der Waals surface area contributed by atoms with E-state index >= 15 is 0 Å². The third kappa shape index (κ3) is 3.84. The fourth-order valence-electron chi connectivity index (χ4n) is 1.95. The van der Waals surface area contributed by atoms with Gasteiger partial charge in [0.2, 0.25) is 0 Å². The van der Waals surface area contributed by atoms with Crippen LogP contribution < -0.4 is 5.32 Å². The summed E-state index contributed by atoms with van der Waals surface area (Å²) in [6.45, 7) is 8.08. The summed E-state index contributed by atoms with van der Waals surface area (Å²) in [5.74, 6) is -0.123. The molecule has 3 heteroatoms. The summed E-state index contributed by atoms with van der Waals surface area (Å²) in [4.78, 5) is 12.0. The third-order valence-corrected chi connectivity index (χ3v) is 3.38. The summed E-state index contributed by atoms with van der Waals surface area (Å²) >= 11 is 0. The second-order valence-electron chi connectivity index (χ2n) is 4.99. The molecule has 0 heterocycles. The fraction of sp³-hybridized carbons (Fsp3) is 0.533. The predicted octanol–water partition coefficient (Wildman–Crippen LogP) is 2.58. The maximum Gasteiger partial charge on any atom is 0.251 e. The number of nitrogens with one attached hydrogen (secondary N) is 1. The van der Waals surface area contributed by atoms with E-state index in [0.717, 1.165) is 11.1 Å². The van der Waals surface area contributed by atoms with Gasteiger partial charge < -0.3 is 10.4 Å². The summed E-state index contributed by atoms with van der Waals surface area (Å²) in [7, 11) is 0. The van der Waals surface area contributed by atoms with Crippen molar-refractivity contribution >= 4 is 5.91 Å². The zero-order valence-corrected chi connectivity index (χ0v) is 11.7. The van der Waals surface area contributed by atoms with E-state index in [1.54, 1.807) is 0 Å². The first kappa shape index (κ1) is 14.7. The number of amides is 1. The van der Waals surface area contributed by atoms with Crippen molar-refractivity contribution in [1.29, 1.82) is 0 Å². The monoisotopic (exact) mass is 249 g/mol. The smallest absolute Gasteiger partial charge is 0.251 e. The van der Waals surface area contributed by atoms with Gasteiger partial charge in [0.1, 0.15) is 0 Å². The SMILES string of the molecule is CCC(O)(CC)CNC(=O)c1cc(C)cc(C)c1. The molecule has 1 amide bonds. The first-order valence-corrected chi connectivity index (χ1v) is 6.49. The second-order valence-corrected chi connectivity index (χ2v) is 4.99. The molecule has 0 atom stereocenters. The Labute approximate surface area is 109 Å². The number of hydrogen-bond acceptors (Lipinski definition) is 2. The van der Waals surface area contributed by atoms with E-state index in [1.165, 1.54) is 0 Å². The van der Waals surface area contributed by atoms with E-state index in [1.807, 2.05) is 45.9 Å². The molecule has 0 aliphatic rings. The molecule has 0 aliphatic heterocycles. The Balaban J connectivity index is 2.71. The van der Waals surface area contributed by atoms with Crippen LogP contribution in [0, 0.1) is 13.8 Å². The van der Waals surface area contributed by atoms with Gasteiger partial charge in [0, 0.05) is 12.1 Å². The van der Waals surface area contributed by atoms with E-state index in [9.17, 15) is 9.90 Å². The van der Waals surface area contributed by atoms with Crippen LogP contribution in [0.5, 0.6) is 0 Å². The van der Waals surface area contributed by atoms with Crippen LogP contribution in [0.1, 0.15) is 48.2 Å². The minimum Gasteiger partial charge on any atom is -0.388 e. The third-order valence-electron chi connectivity index (χ3n) is 3.38. The molecular weight excluding hydrogens is 226 g/mol. The molecule has 18 heavy (non-hydrogen) atoms. The van der Waals surface area contributed by atoms with E-state index in [-0.39, 0.29) is 5.91 Å². The lowest BCUT2D eigenvalue weighted by molar-refractivity contribution is 0.0314. The van der Waals surface area contributed by atoms with Gasteiger partial charge in [-0.25, -0.2) is 0 Å². The van der Waals surface area contributed by atoms with Gasteiger partial charge in [-0.3, -0.25) is 4.79 Å². The number of aliphatic hydroxyl groups is 1. The number of carbonyl (C=O) groups is 1. The minimum absolute atomic E-state index is 0.123. The lowest BCUT2D eigenvalue weighted by Gasteiger charge is -2.25. The standard InChI is InChI=1S/C15H23NO2/c1-5-15(18,6-2)10-16-14(17)13-8-11(3)7-12(4)9-13/h7-9,18H,5-6,10H2,1-4H3,(H,16,17). The van der Waals surface area contributed by atoms with Gasteiger partial charge in [0.25, 0.3) is 5.91 Å². The van der Waals surface area contributed by atoms with Gasteiger partial charge in [-0.1, -0.05) is 31.0 Å². The van der Waals surface area contributed by atoms with Crippen LogP contribution >= 0.6 is 0 Å². The van der Waals surface area contributed by atoms with Crippen LogP contribution in [0.3, 0.4) is 0 Å². The summed E-state index contributed by atoms with van der Waals surface area (Å²) in [5, 5.41) is 12.9. The fourth-order valence-corrected chi connectivity index (χ4v) is 1.95. The van der Waals surface area contributed by atoms with Crippen molar-refractivity contribution in [1.82, 2.24) is 5.32 Å². The number of benzene rings is 1. The molecule has 1 aromatic carbocycles. The van der Waals surface area contributed by atoms with Crippen molar-refractivity contribution in [3.8, 4) is 0 Å².